The van der Waals surface area contributed by atoms with Crippen LogP contribution in [0.2, 0.25) is 0 Å². The quantitative estimate of drug-likeness (QED) is 0.358. The summed E-state index contributed by atoms with van der Waals surface area (Å²) in [5.74, 6) is -0.975. The molecule has 40 heavy (non-hydrogen) atoms. The fourth-order valence-electron chi connectivity index (χ4n) is 5.56. The third-order valence-corrected chi connectivity index (χ3v) is 7.97. The molecule has 1 saturated carbocycles. The fourth-order valence-corrected chi connectivity index (χ4v) is 5.56. The molecule has 1 aliphatic carbocycles. The number of carbonyl (C=O) groups excluding carboxylic acids is 1. The van der Waals surface area contributed by atoms with Crippen molar-refractivity contribution >= 4 is 22.8 Å². The summed E-state index contributed by atoms with van der Waals surface area (Å²) in [4.78, 5) is 19.9. The van der Waals surface area contributed by atoms with Crippen molar-refractivity contribution in [3.63, 3.8) is 0 Å². The van der Waals surface area contributed by atoms with Gasteiger partial charge >= 0.3 is 6.61 Å². The van der Waals surface area contributed by atoms with Crippen LogP contribution in [-0.2, 0) is 9.47 Å². The lowest BCUT2D eigenvalue weighted by Crippen LogP contribution is -2.66. The average molecular weight is 555 g/mol. The summed E-state index contributed by atoms with van der Waals surface area (Å²) in [5, 5.41) is 11.1. The number of aryl methyl sites for hydroxylation is 1. The second-order valence-corrected chi connectivity index (χ2v) is 10.9. The number of rotatable bonds is 7. The molecular formula is C27H25F3N6O4. The van der Waals surface area contributed by atoms with Crippen molar-refractivity contribution in [2.24, 2.45) is 5.41 Å². The number of benzene rings is 1. The van der Waals surface area contributed by atoms with Crippen LogP contribution in [0.3, 0.4) is 0 Å². The molecule has 13 heteroatoms. The maximum absolute atomic E-state index is 14.9. The van der Waals surface area contributed by atoms with Crippen molar-refractivity contribution in [2.45, 2.75) is 38.4 Å². The third-order valence-electron chi connectivity index (χ3n) is 7.97. The highest BCUT2D eigenvalue weighted by atomic mass is 19.3. The van der Waals surface area contributed by atoms with E-state index in [0.717, 1.165) is 32.0 Å². The topological polar surface area (TPSA) is 107 Å². The number of hydrogen-bond acceptors (Lipinski definition) is 8. The number of pyridine rings is 1. The number of halogens is 3. The van der Waals surface area contributed by atoms with E-state index in [1.807, 2.05) is 18.3 Å². The lowest BCUT2D eigenvalue weighted by molar-refractivity contribution is -0.185. The first-order valence-electron chi connectivity index (χ1n) is 13.0. The van der Waals surface area contributed by atoms with Crippen molar-refractivity contribution < 1.29 is 32.0 Å². The van der Waals surface area contributed by atoms with E-state index in [-0.39, 0.29) is 28.6 Å². The van der Waals surface area contributed by atoms with Gasteiger partial charge in [-0.05, 0) is 49.6 Å². The molecule has 3 aliphatic rings. The minimum absolute atomic E-state index is 0.00559. The molecule has 0 radical (unpaired) electrons. The van der Waals surface area contributed by atoms with E-state index >= 15 is 0 Å². The van der Waals surface area contributed by atoms with E-state index < -0.39 is 24.4 Å². The minimum atomic E-state index is -2.84. The van der Waals surface area contributed by atoms with Gasteiger partial charge in [0.25, 0.3) is 5.91 Å². The molecule has 1 spiro atoms. The third kappa shape index (κ3) is 4.29. The van der Waals surface area contributed by atoms with E-state index in [4.69, 9.17) is 9.26 Å². The van der Waals surface area contributed by atoms with Crippen molar-refractivity contribution in [3.8, 4) is 11.4 Å². The van der Waals surface area contributed by atoms with Gasteiger partial charge in [0, 0.05) is 36.6 Å². The maximum atomic E-state index is 14.9. The number of aromatic nitrogens is 4. The van der Waals surface area contributed by atoms with Gasteiger partial charge in [0.1, 0.15) is 5.82 Å². The van der Waals surface area contributed by atoms with Gasteiger partial charge in [-0.25, -0.2) is 8.91 Å². The van der Waals surface area contributed by atoms with Crippen LogP contribution in [0.5, 0.6) is 0 Å². The van der Waals surface area contributed by atoms with E-state index in [9.17, 15) is 18.0 Å². The summed E-state index contributed by atoms with van der Waals surface area (Å²) >= 11 is 0. The molecule has 5 heterocycles. The highest BCUT2D eigenvalue weighted by Crippen LogP contribution is 2.41. The Labute approximate surface area is 226 Å². The second kappa shape index (κ2) is 9.30. The molecule has 7 rings (SSSR count). The zero-order valence-corrected chi connectivity index (χ0v) is 21.4. The van der Waals surface area contributed by atoms with Crippen LogP contribution in [0.25, 0.3) is 16.9 Å². The van der Waals surface area contributed by atoms with E-state index in [2.05, 4.69) is 30.2 Å². The van der Waals surface area contributed by atoms with Crippen molar-refractivity contribution in [1.82, 2.24) is 19.8 Å². The van der Waals surface area contributed by atoms with E-state index in [1.54, 1.807) is 11.4 Å². The molecule has 1 aromatic carbocycles. The molecule has 0 bridgehead atoms. The Morgan fingerprint density at radius 3 is 2.75 bits per heavy atom. The van der Waals surface area contributed by atoms with Crippen molar-refractivity contribution in [2.75, 3.05) is 36.5 Å². The molecule has 1 amide bonds. The maximum Gasteiger partial charge on any atom is 0.345 e. The van der Waals surface area contributed by atoms with Crippen LogP contribution in [0, 0.1) is 18.2 Å². The Balaban J connectivity index is 1.09. The molecule has 0 atom stereocenters. The normalized spacial score (nSPS) is 21.4. The Kier molecular flexibility index (Phi) is 5.82. The molecule has 3 aromatic heterocycles. The van der Waals surface area contributed by atoms with Gasteiger partial charge in [-0.3, -0.25) is 4.79 Å². The predicted molar refractivity (Wildman–Crippen MR) is 136 cm³/mol. The minimum Gasteiger partial charge on any atom is -0.380 e. The summed E-state index contributed by atoms with van der Waals surface area (Å²) < 4.78 is 56.5. The Bertz CT molecular complexity index is 1600. The van der Waals surface area contributed by atoms with Crippen LogP contribution < -0.4 is 10.2 Å². The summed E-state index contributed by atoms with van der Waals surface area (Å²) in [5.41, 5.74) is 3.23. The summed E-state index contributed by atoms with van der Waals surface area (Å²) in [6.45, 7) is 2.25. The molecule has 10 nitrogen and oxygen atoms in total. The highest BCUT2D eigenvalue weighted by molar-refractivity contribution is 6.09. The van der Waals surface area contributed by atoms with Gasteiger partial charge in [0.15, 0.2) is 0 Å². The van der Waals surface area contributed by atoms with Crippen molar-refractivity contribution in [1.29, 1.82) is 0 Å². The Morgan fingerprint density at radius 2 is 2.02 bits per heavy atom. The van der Waals surface area contributed by atoms with Crippen LogP contribution in [0.4, 0.5) is 24.5 Å². The van der Waals surface area contributed by atoms with Crippen LogP contribution in [-0.4, -0.2) is 64.7 Å². The SMILES string of the molecule is Cc1cc(F)c(-c2noc(C3CC(OC(F)F)C3)n2)cc1NC(=O)c1cnn2ccc(N3CC4(COC4)C3)cc12. The monoisotopic (exact) mass is 554 g/mol. The first kappa shape index (κ1) is 25.0. The van der Waals surface area contributed by atoms with Gasteiger partial charge in [-0.1, -0.05) is 5.16 Å². The Morgan fingerprint density at radius 1 is 1.23 bits per heavy atom. The number of amides is 1. The lowest BCUT2D eigenvalue weighted by atomic mass is 9.78. The number of anilines is 2. The number of nitrogens with zero attached hydrogens (tertiary/aromatic N) is 5. The summed E-state index contributed by atoms with van der Waals surface area (Å²) in [6, 6.07) is 6.65. The van der Waals surface area contributed by atoms with Gasteiger partial charge in [0.05, 0.1) is 47.6 Å². The molecule has 4 aromatic rings. The number of fused-ring (bicyclic) bond motifs is 1. The molecule has 2 aliphatic heterocycles. The van der Waals surface area contributed by atoms with Gasteiger partial charge < -0.3 is 24.2 Å². The van der Waals surface area contributed by atoms with Gasteiger partial charge in [0.2, 0.25) is 11.7 Å². The van der Waals surface area contributed by atoms with Gasteiger partial charge in [-0.15, -0.1) is 0 Å². The number of nitrogens with one attached hydrogen (secondary N) is 1. The van der Waals surface area contributed by atoms with Gasteiger partial charge in [-0.2, -0.15) is 18.9 Å². The first-order chi connectivity index (χ1) is 19.3. The smallest absolute Gasteiger partial charge is 0.345 e. The summed E-state index contributed by atoms with van der Waals surface area (Å²) in [6.07, 6.45) is 3.38. The molecular weight excluding hydrogens is 529 g/mol. The number of carbonyl (C=O) groups is 1. The first-order valence-corrected chi connectivity index (χ1v) is 13.0. The number of ether oxygens (including phenoxy) is 2. The standard InChI is InChI=1S/C27H25F3N6O4/c1-14-4-20(28)18(23-33-25(40-34-23)15-5-17(6-15)39-26(29)30)8-21(14)32-24(37)19-9-31-36-3-2-16(7-22(19)36)35-10-27(11-35)12-38-13-27/h2-4,7-9,15,17,26H,5-6,10-13H2,1H3,(H,32,37). The highest BCUT2D eigenvalue weighted by Gasteiger charge is 2.49. The van der Waals surface area contributed by atoms with Crippen LogP contribution >= 0.6 is 0 Å². The van der Waals surface area contributed by atoms with Crippen LogP contribution in [0.15, 0.2) is 41.2 Å². The number of hydrogen-bond donors (Lipinski definition) is 1. The number of alkyl halides is 2. The van der Waals surface area contributed by atoms with Crippen LogP contribution in [0.1, 0.15) is 40.6 Å². The molecule has 208 valence electrons. The predicted octanol–water partition coefficient (Wildman–Crippen LogP) is 4.41. The van der Waals surface area contributed by atoms with E-state index in [1.165, 1.54) is 18.3 Å². The molecule has 2 saturated heterocycles. The fraction of sp³-hybridized carbons (Fsp3) is 0.407. The summed E-state index contributed by atoms with van der Waals surface area (Å²) in [7, 11) is 0. The molecule has 3 fully saturated rings. The zero-order valence-electron chi connectivity index (χ0n) is 21.4. The lowest BCUT2D eigenvalue weighted by Gasteiger charge is -2.56. The van der Waals surface area contributed by atoms with E-state index in [0.29, 0.717) is 35.2 Å². The Hall–Kier alpha value is -3.97. The largest absolute Gasteiger partial charge is 0.380 e. The second-order valence-electron chi connectivity index (χ2n) is 10.9. The molecule has 0 unspecified atom stereocenters. The van der Waals surface area contributed by atoms with Crippen molar-refractivity contribution in [3.05, 3.63) is 59.5 Å². The zero-order chi connectivity index (χ0) is 27.6. The molecule has 1 N–H and O–H groups in total. The average Bonchev–Trinajstić information content (AvgIpc) is 3.48.